The normalized spacial score (nSPS) is 26.1. The Morgan fingerprint density at radius 1 is 1.38 bits per heavy atom. The van der Waals surface area contributed by atoms with E-state index in [0.29, 0.717) is 36.4 Å². The molecule has 0 aliphatic carbocycles. The topological polar surface area (TPSA) is 99.3 Å². The van der Waals surface area contributed by atoms with Crippen LogP contribution in [0.2, 0.25) is 0 Å². The highest BCUT2D eigenvalue weighted by molar-refractivity contribution is 5.76. The van der Waals surface area contributed by atoms with Crippen LogP contribution in [0.5, 0.6) is 5.75 Å². The van der Waals surface area contributed by atoms with Gasteiger partial charge in [-0.25, -0.2) is 14.8 Å². The van der Waals surface area contributed by atoms with Crippen molar-refractivity contribution in [1.82, 2.24) is 9.88 Å². The number of aromatic nitrogens is 1. The second kappa shape index (κ2) is 7.65. The molecule has 0 radical (unpaired) electrons. The molecular weight excluding hydrogens is 415 g/mol. The Bertz CT molecular complexity index is 1090. The van der Waals surface area contributed by atoms with E-state index in [0.717, 1.165) is 5.56 Å². The third-order valence-electron chi connectivity index (χ3n) is 6.30. The third kappa shape index (κ3) is 3.32. The van der Waals surface area contributed by atoms with E-state index in [4.69, 9.17) is 24.9 Å². The number of rotatable bonds is 2. The summed E-state index contributed by atoms with van der Waals surface area (Å²) in [6.45, 7) is 4.78. The average molecular weight is 440 g/mol. The molecule has 2 aromatic rings. The number of hydrogen-bond donors (Lipinski definition) is 1. The zero-order valence-electron chi connectivity index (χ0n) is 18.0. The van der Waals surface area contributed by atoms with Crippen LogP contribution in [0.3, 0.4) is 0 Å². The highest BCUT2D eigenvalue weighted by Gasteiger charge is 2.56. The molecule has 1 fully saturated rings. The zero-order valence-corrected chi connectivity index (χ0v) is 18.0. The van der Waals surface area contributed by atoms with Crippen molar-refractivity contribution >= 4 is 12.1 Å². The molecule has 3 aliphatic heterocycles. The maximum Gasteiger partial charge on any atom is 0.410 e. The van der Waals surface area contributed by atoms with E-state index in [-0.39, 0.29) is 36.8 Å². The van der Waals surface area contributed by atoms with E-state index in [9.17, 15) is 9.18 Å². The second-order valence-corrected chi connectivity index (χ2v) is 8.65. The van der Waals surface area contributed by atoms with Gasteiger partial charge in [-0.3, -0.25) is 0 Å². The lowest BCUT2D eigenvalue weighted by molar-refractivity contribution is -0.0257. The van der Waals surface area contributed by atoms with Gasteiger partial charge in [0.2, 0.25) is 5.95 Å². The van der Waals surface area contributed by atoms with Gasteiger partial charge in [0.25, 0.3) is 6.02 Å². The lowest BCUT2D eigenvalue weighted by Crippen LogP contribution is -2.58. The van der Waals surface area contributed by atoms with Gasteiger partial charge in [0.05, 0.1) is 6.10 Å². The van der Waals surface area contributed by atoms with Crippen molar-refractivity contribution in [2.24, 2.45) is 16.6 Å². The molecule has 3 unspecified atom stereocenters. The number of carbonyl (C=O) groups is 1. The minimum absolute atomic E-state index is 0.0939. The van der Waals surface area contributed by atoms with Crippen LogP contribution in [0.1, 0.15) is 25.8 Å². The van der Waals surface area contributed by atoms with Crippen molar-refractivity contribution in [1.29, 1.82) is 0 Å². The summed E-state index contributed by atoms with van der Waals surface area (Å²) in [6.07, 6.45) is 1.31. The number of aliphatic imine (C=N–C) groups is 1. The SMILES string of the molecule is CC(C)OC(=O)N1CCC2Oc3ccc(-c4cccnc4F)cc3C3(COC(N)=N3)C2C1. The van der Waals surface area contributed by atoms with Crippen LogP contribution in [-0.4, -0.2) is 53.9 Å². The van der Waals surface area contributed by atoms with Gasteiger partial charge in [-0.2, -0.15) is 4.39 Å². The molecule has 0 saturated carbocycles. The highest BCUT2D eigenvalue weighted by atomic mass is 19.1. The number of nitrogens with two attached hydrogens (primary N) is 1. The molecule has 1 amide bonds. The maximum absolute atomic E-state index is 14.4. The van der Waals surface area contributed by atoms with Gasteiger partial charge in [-0.1, -0.05) is 6.07 Å². The molecule has 1 aromatic carbocycles. The van der Waals surface area contributed by atoms with Crippen molar-refractivity contribution < 1.29 is 23.4 Å². The number of amidine groups is 1. The van der Waals surface area contributed by atoms with Crippen molar-refractivity contribution in [3.05, 3.63) is 48.0 Å². The minimum atomic E-state index is -0.839. The molecule has 1 saturated heterocycles. The molecule has 5 rings (SSSR count). The Morgan fingerprint density at radius 3 is 2.94 bits per heavy atom. The summed E-state index contributed by atoms with van der Waals surface area (Å²) in [4.78, 5) is 22.8. The molecule has 168 valence electrons. The zero-order chi connectivity index (χ0) is 22.5. The number of pyridine rings is 1. The smallest absolute Gasteiger partial charge is 0.410 e. The molecule has 1 aromatic heterocycles. The lowest BCUT2D eigenvalue weighted by atomic mass is 9.71. The summed E-state index contributed by atoms with van der Waals surface area (Å²) in [5, 5.41) is 0. The van der Waals surface area contributed by atoms with Crippen LogP contribution >= 0.6 is 0 Å². The van der Waals surface area contributed by atoms with E-state index in [2.05, 4.69) is 4.98 Å². The summed E-state index contributed by atoms with van der Waals surface area (Å²) in [6, 6.07) is 8.97. The molecule has 3 atom stereocenters. The van der Waals surface area contributed by atoms with Crippen LogP contribution in [0.25, 0.3) is 11.1 Å². The largest absolute Gasteiger partial charge is 0.490 e. The maximum atomic E-state index is 14.4. The van der Waals surface area contributed by atoms with E-state index in [1.54, 1.807) is 17.0 Å². The number of likely N-dealkylation sites (tertiary alicyclic amines) is 1. The number of ether oxygens (including phenoxy) is 3. The predicted molar refractivity (Wildman–Crippen MR) is 115 cm³/mol. The van der Waals surface area contributed by atoms with Gasteiger partial charge in [0.15, 0.2) is 0 Å². The van der Waals surface area contributed by atoms with Crippen LogP contribution in [0, 0.1) is 11.9 Å². The first-order valence-electron chi connectivity index (χ1n) is 10.7. The molecule has 3 aliphatic rings. The summed E-state index contributed by atoms with van der Waals surface area (Å²) in [5.41, 5.74) is 6.93. The Labute approximate surface area is 185 Å². The Kier molecular flexibility index (Phi) is 4.91. The quantitative estimate of drug-likeness (QED) is 0.721. The van der Waals surface area contributed by atoms with Crippen molar-refractivity contribution in [3.63, 3.8) is 0 Å². The van der Waals surface area contributed by atoms with Crippen molar-refractivity contribution in [2.45, 2.75) is 38.0 Å². The van der Waals surface area contributed by atoms with Gasteiger partial charge >= 0.3 is 6.09 Å². The number of halogens is 1. The highest BCUT2D eigenvalue weighted by Crippen LogP contribution is 2.51. The monoisotopic (exact) mass is 440 g/mol. The van der Waals surface area contributed by atoms with Crippen LogP contribution in [0.4, 0.5) is 9.18 Å². The lowest BCUT2D eigenvalue weighted by Gasteiger charge is -2.48. The molecule has 9 heteroatoms. The first kappa shape index (κ1) is 20.5. The molecule has 8 nitrogen and oxygen atoms in total. The van der Waals surface area contributed by atoms with Gasteiger partial charge in [-0.15, -0.1) is 0 Å². The number of hydrogen-bond acceptors (Lipinski definition) is 7. The summed E-state index contributed by atoms with van der Waals surface area (Å²) in [5.74, 6) is -0.0832. The standard InChI is InChI=1S/C23H25FN4O4/c1-13(2)31-22(29)28-9-7-19-17(11-28)23(12-30-21(25)27-23)16-10-14(5-6-18(16)32-19)15-4-3-8-26-20(15)24/h3-6,8,10,13,17,19H,7,9,11-12H2,1-2H3,(H2,25,27). The van der Waals surface area contributed by atoms with Gasteiger partial charge in [0.1, 0.15) is 24.0 Å². The summed E-state index contributed by atoms with van der Waals surface area (Å²) < 4.78 is 31.8. The number of benzene rings is 1. The fourth-order valence-electron chi connectivity index (χ4n) is 4.85. The number of fused-ring (bicyclic) bond motifs is 4. The predicted octanol–water partition coefficient (Wildman–Crippen LogP) is 3.06. The molecular formula is C23H25FN4O4. The fraction of sp³-hybridized carbons (Fsp3) is 0.435. The molecule has 32 heavy (non-hydrogen) atoms. The molecule has 0 bridgehead atoms. The molecule has 4 heterocycles. The number of nitrogens with zero attached hydrogens (tertiary/aromatic N) is 3. The first-order chi connectivity index (χ1) is 15.4. The minimum Gasteiger partial charge on any atom is -0.490 e. The third-order valence-corrected chi connectivity index (χ3v) is 6.30. The van der Waals surface area contributed by atoms with Gasteiger partial charge in [0, 0.05) is 42.8 Å². The van der Waals surface area contributed by atoms with E-state index < -0.39 is 11.5 Å². The Hall–Kier alpha value is -3.36. The summed E-state index contributed by atoms with van der Waals surface area (Å²) >= 11 is 0. The van der Waals surface area contributed by atoms with Crippen molar-refractivity contribution in [3.8, 4) is 16.9 Å². The van der Waals surface area contributed by atoms with E-state index >= 15 is 0 Å². The van der Waals surface area contributed by atoms with Crippen molar-refractivity contribution in [2.75, 3.05) is 19.7 Å². The second-order valence-electron chi connectivity index (χ2n) is 8.65. The molecule has 1 spiro atoms. The number of amides is 1. The van der Waals surface area contributed by atoms with Crippen LogP contribution < -0.4 is 10.5 Å². The van der Waals surface area contributed by atoms with Gasteiger partial charge in [-0.05, 0) is 43.7 Å². The first-order valence-corrected chi connectivity index (χ1v) is 10.7. The summed E-state index contributed by atoms with van der Waals surface area (Å²) in [7, 11) is 0. The molecule has 2 N–H and O–H groups in total. The van der Waals surface area contributed by atoms with E-state index in [1.165, 1.54) is 6.20 Å². The van der Waals surface area contributed by atoms with Gasteiger partial charge < -0.3 is 24.8 Å². The average Bonchev–Trinajstić information content (AvgIpc) is 3.16. The fourth-order valence-corrected chi connectivity index (χ4v) is 4.85. The number of carbonyl (C=O) groups excluding carboxylic acids is 1. The van der Waals surface area contributed by atoms with Crippen LogP contribution in [0.15, 0.2) is 41.5 Å². The Balaban J connectivity index is 1.57. The number of piperidine rings is 1. The Morgan fingerprint density at radius 2 is 2.22 bits per heavy atom. The van der Waals surface area contributed by atoms with Crippen LogP contribution in [-0.2, 0) is 15.0 Å². The van der Waals surface area contributed by atoms with E-state index in [1.807, 2.05) is 32.0 Å².